The van der Waals surface area contributed by atoms with Crippen LogP contribution < -0.4 is 15.6 Å². The van der Waals surface area contributed by atoms with Crippen molar-refractivity contribution in [2.45, 2.75) is 24.7 Å². The second-order valence-electron chi connectivity index (χ2n) is 8.90. The molecule has 0 radical (unpaired) electrons. The summed E-state index contributed by atoms with van der Waals surface area (Å²) >= 11 is 3.36. The molecule has 1 aromatic heterocycles. The Morgan fingerprint density at radius 2 is 1.83 bits per heavy atom. The molecule has 176 valence electrons. The van der Waals surface area contributed by atoms with Crippen molar-refractivity contribution in [3.05, 3.63) is 118 Å². The molecule has 1 aliphatic carbocycles. The van der Waals surface area contributed by atoms with E-state index in [1.807, 2.05) is 30.3 Å². The monoisotopic (exact) mass is 532 g/mol. The number of aromatic amines is 1. The van der Waals surface area contributed by atoms with Gasteiger partial charge in [-0.1, -0.05) is 49.0 Å². The standard InChI is InChI=1S/C28H23BrFN3O2/c1-16-25(28(35)33-24-11-10-20(29)15-31-24)26(18-8-5-9-21(30)12-18)27-22(32-16)13-19(14-23(27)34)17-6-3-2-4-7-17/h2-12,15,19,25-26,32H,1,13-14H2,(H,31,33,35)/p+1. The van der Waals surface area contributed by atoms with E-state index in [2.05, 4.69) is 38.1 Å². The van der Waals surface area contributed by atoms with E-state index < -0.39 is 17.7 Å². The van der Waals surface area contributed by atoms with Crippen molar-refractivity contribution in [3.63, 3.8) is 0 Å². The summed E-state index contributed by atoms with van der Waals surface area (Å²) in [5, 5.41) is 6.17. The average Bonchev–Trinajstić information content (AvgIpc) is 2.85. The third-order valence-corrected chi connectivity index (χ3v) is 7.13. The van der Waals surface area contributed by atoms with Crippen molar-refractivity contribution in [1.82, 2.24) is 5.32 Å². The summed E-state index contributed by atoms with van der Waals surface area (Å²) in [6, 6.07) is 19.6. The topological polar surface area (TPSA) is 72.3 Å². The van der Waals surface area contributed by atoms with Gasteiger partial charge in [0.05, 0.1) is 4.47 Å². The predicted octanol–water partition coefficient (Wildman–Crippen LogP) is 5.26. The number of rotatable bonds is 4. The van der Waals surface area contributed by atoms with Crippen LogP contribution in [0.1, 0.15) is 35.8 Å². The van der Waals surface area contributed by atoms with Crippen LogP contribution in [0.4, 0.5) is 10.2 Å². The Balaban J connectivity index is 1.55. The first-order chi connectivity index (χ1) is 16.9. The average molecular weight is 533 g/mol. The number of H-pyrrole nitrogens is 1. The number of carbonyl (C=O) groups excluding carboxylic acids is 2. The highest BCUT2D eigenvalue weighted by Gasteiger charge is 2.46. The number of carbonyl (C=O) groups is 2. The fraction of sp³-hybridized carbons (Fsp3) is 0.179. The molecule has 2 heterocycles. The van der Waals surface area contributed by atoms with Gasteiger partial charge >= 0.3 is 5.91 Å². The van der Waals surface area contributed by atoms with E-state index in [1.54, 1.807) is 30.5 Å². The van der Waals surface area contributed by atoms with Crippen LogP contribution in [0.2, 0.25) is 0 Å². The van der Waals surface area contributed by atoms with E-state index in [9.17, 15) is 14.0 Å². The minimum atomic E-state index is -0.801. The fourth-order valence-electron chi connectivity index (χ4n) is 5.07. The number of aromatic nitrogens is 1. The number of halogens is 2. The molecule has 2 aromatic carbocycles. The number of nitrogens with one attached hydrogen (secondary N) is 3. The molecule has 1 aliphatic heterocycles. The minimum absolute atomic E-state index is 0.0265. The Labute approximate surface area is 211 Å². The maximum absolute atomic E-state index is 14.3. The van der Waals surface area contributed by atoms with E-state index in [4.69, 9.17) is 0 Å². The molecule has 3 atom stereocenters. The lowest BCUT2D eigenvalue weighted by molar-refractivity contribution is -0.361. The number of allylic oxidation sites excluding steroid dienone is 2. The van der Waals surface area contributed by atoms with E-state index in [-0.39, 0.29) is 17.6 Å². The number of hydrogen-bond acceptors (Lipinski definition) is 3. The normalized spacial score (nSPS) is 21.8. The third-order valence-electron chi connectivity index (χ3n) is 6.63. The van der Waals surface area contributed by atoms with Gasteiger partial charge in [-0.05, 0) is 57.6 Å². The summed E-state index contributed by atoms with van der Waals surface area (Å²) < 4.78 is 15.1. The Bertz CT molecular complexity index is 1340. The molecule has 0 saturated heterocycles. The van der Waals surface area contributed by atoms with Crippen LogP contribution in [0.25, 0.3) is 0 Å². The van der Waals surface area contributed by atoms with Crippen LogP contribution in [0.15, 0.2) is 101 Å². The van der Waals surface area contributed by atoms with Crippen LogP contribution in [0.5, 0.6) is 0 Å². The van der Waals surface area contributed by atoms with Crippen LogP contribution >= 0.6 is 15.9 Å². The Hall–Kier alpha value is -3.58. The van der Waals surface area contributed by atoms with Gasteiger partial charge in [0.2, 0.25) is 0 Å². The summed E-state index contributed by atoms with van der Waals surface area (Å²) in [4.78, 5) is 30.1. The largest absolute Gasteiger partial charge is 0.362 e. The molecule has 5 rings (SSSR count). The zero-order valence-electron chi connectivity index (χ0n) is 18.9. The van der Waals surface area contributed by atoms with Crippen LogP contribution in [0, 0.1) is 11.7 Å². The predicted molar refractivity (Wildman–Crippen MR) is 135 cm³/mol. The molecule has 0 fully saturated rings. The number of hydrogen-bond donors (Lipinski definition) is 2. The Kier molecular flexibility index (Phi) is 6.34. The Morgan fingerprint density at radius 1 is 1.06 bits per heavy atom. The zero-order chi connectivity index (χ0) is 24.5. The summed E-state index contributed by atoms with van der Waals surface area (Å²) in [5.41, 5.74) is 3.44. The number of amides is 1. The van der Waals surface area contributed by atoms with Crippen molar-refractivity contribution >= 4 is 33.4 Å². The molecule has 0 bridgehead atoms. The summed E-state index contributed by atoms with van der Waals surface area (Å²) in [6.45, 7) is 4.16. The SMILES string of the molecule is C=C1NC2=C(C(=O)CC(c3ccccc3)C2)C(c2cccc(F)c2)C1C(=O)Nc1ccc(Br)c[nH+]1. The molecule has 0 spiro atoms. The van der Waals surface area contributed by atoms with Crippen molar-refractivity contribution in [2.24, 2.45) is 5.92 Å². The third kappa shape index (κ3) is 4.68. The molecule has 3 aromatic rings. The van der Waals surface area contributed by atoms with Crippen molar-refractivity contribution in [3.8, 4) is 0 Å². The second kappa shape index (κ2) is 9.58. The molecule has 1 amide bonds. The first-order valence-corrected chi connectivity index (χ1v) is 12.2. The molecule has 35 heavy (non-hydrogen) atoms. The summed E-state index contributed by atoms with van der Waals surface area (Å²) in [7, 11) is 0. The number of Topliss-reactive ketones (excluding diaryl/α,β-unsaturated/α-hetero) is 1. The molecular formula is C28H24BrFN3O2+. The molecular weight excluding hydrogens is 509 g/mol. The van der Waals surface area contributed by atoms with Gasteiger partial charge in [-0.15, -0.1) is 0 Å². The van der Waals surface area contributed by atoms with Crippen molar-refractivity contribution in [1.29, 1.82) is 0 Å². The molecule has 2 aliphatic rings. The maximum Gasteiger partial charge on any atom is 0.317 e. The lowest BCUT2D eigenvalue weighted by atomic mass is 9.68. The van der Waals surface area contributed by atoms with Crippen molar-refractivity contribution < 1.29 is 19.0 Å². The van der Waals surface area contributed by atoms with Gasteiger partial charge in [-0.2, -0.15) is 0 Å². The minimum Gasteiger partial charge on any atom is -0.362 e. The van der Waals surface area contributed by atoms with Gasteiger partial charge in [0.25, 0.3) is 5.82 Å². The molecule has 3 unspecified atom stereocenters. The number of benzene rings is 2. The molecule has 7 heteroatoms. The van der Waals surface area contributed by atoms with Gasteiger partial charge in [0, 0.05) is 35.4 Å². The van der Waals surface area contributed by atoms with E-state index >= 15 is 0 Å². The quantitative estimate of drug-likeness (QED) is 0.481. The lowest BCUT2D eigenvalue weighted by Gasteiger charge is -2.39. The van der Waals surface area contributed by atoms with Gasteiger partial charge in [0.1, 0.15) is 17.9 Å². The van der Waals surface area contributed by atoms with Crippen LogP contribution in [0.3, 0.4) is 0 Å². The summed E-state index contributed by atoms with van der Waals surface area (Å²) in [6.07, 6.45) is 2.66. The Morgan fingerprint density at radius 3 is 2.54 bits per heavy atom. The maximum atomic E-state index is 14.3. The van der Waals surface area contributed by atoms with Crippen molar-refractivity contribution in [2.75, 3.05) is 5.32 Å². The molecule has 5 nitrogen and oxygen atoms in total. The zero-order valence-corrected chi connectivity index (χ0v) is 20.4. The van der Waals surface area contributed by atoms with E-state index in [0.29, 0.717) is 35.5 Å². The van der Waals surface area contributed by atoms with Crippen LogP contribution in [-0.4, -0.2) is 11.7 Å². The highest BCUT2D eigenvalue weighted by atomic mass is 79.9. The smallest absolute Gasteiger partial charge is 0.317 e. The number of ketones is 1. The van der Waals surface area contributed by atoms with Gasteiger partial charge in [-0.3, -0.25) is 4.79 Å². The first kappa shape index (κ1) is 23.2. The second-order valence-corrected chi connectivity index (χ2v) is 9.82. The number of anilines is 1. The highest BCUT2D eigenvalue weighted by molar-refractivity contribution is 9.10. The van der Waals surface area contributed by atoms with Gasteiger partial charge in [-0.25, -0.2) is 19.5 Å². The first-order valence-electron chi connectivity index (χ1n) is 11.4. The summed E-state index contributed by atoms with van der Waals surface area (Å²) in [5.74, 6) is -1.71. The van der Waals surface area contributed by atoms with Crippen LogP contribution in [-0.2, 0) is 9.59 Å². The van der Waals surface area contributed by atoms with Gasteiger partial charge < -0.3 is 5.32 Å². The van der Waals surface area contributed by atoms with Gasteiger partial charge in [0.15, 0.2) is 5.78 Å². The molecule has 0 saturated carbocycles. The molecule has 3 N–H and O–H groups in total. The van der Waals surface area contributed by atoms with E-state index in [1.165, 1.54) is 12.1 Å². The lowest BCUT2D eigenvalue weighted by Crippen LogP contribution is -2.43. The van der Waals surface area contributed by atoms with E-state index in [0.717, 1.165) is 15.7 Å². The highest BCUT2D eigenvalue weighted by Crippen LogP contribution is 2.47. The fourth-order valence-corrected chi connectivity index (χ4v) is 5.32. The number of pyridine rings is 1.